The smallest absolute Gasteiger partial charge is 0.416 e. The standard InChI is InChI=1S/C34H36F3N3O4S/c1-5-23(4)44-30-15-6-21(2)16-29(30)40-31(42)20-45-33(40)39-32(43)38-22(3)17-24-7-9-25(10-8-24)18-28(41)19-26-11-13-27(14-12-26)34(35,36)37/h6-16,22-23H,5,17-20H2,1-4H3,(H,38,43). The number of carbonyl (C=O) groups excluding carboxylic acids is 3. The average Bonchev–Trinajstić information content (AvgIpc) is 3.33. The van der Waals surface area contributed by atoms with Gasteiger partial charge in [-0.05, 0) is 80.1 Å². The molecular formula is C34H36F3N3O4S. The van der Waals surface area contributed by atoms with Gasteiger partial charge in [0.25, 0.3) is 0 Å². The van der Waals surface area contributed by atoms with E-state index in [9.17, 15) is 27.6 Å². The molecule has 1 saturated heterocycles. The number of anilines is 1. The zero-order chi connectivity index (χ0) is 32.7. The number of nitrogens with one attached hydrogen (secondary N) is 1. The molecule has 1 N–H and O–H groups in total. The van der Waals surface area contributed by atoms with Crippen LogP contribution in [0.3, 0.4) is 0 Å². The Kier molecular flexibility index (Phi) is 11.1. The molecule has 238 valence electrons. The molecule has 1 aliphatic heterocycles. The van der Waals surface area contributed by atoms with Crippen LogP contribution in [0.25, 0.3) is 0 Å². The number of halogens is 3. The van der Waals surface area contributed by atoms with E-state index in [2.05, 4.69) is 10.3 Å². The van der Waals surface area contributed by atoms with Gasteiger partial charge in [-0.15, -0.1) is 0 Å². The third-order valence-electron chi connectivity index (χ3n) is 7.24. The number of amides is 3. The number of thioether (sulfide) groups is 1. The van der Waals surface area contributed by atoms with Gasteiger partial charge in [-0.3, -0.25) is 14.5 Å². The summed E-state index contributed by atoms with van der Waals surface area (Å²) >= 11 is 1.20. The number of Topliss-reactive ketones (excluding diaryl/α,β-unsaturated/α-hetero) is 1. The number of ketones is 1. The molecule has 3 amide bonds. The van der Waals surface area contributed by atoms with E-state index < -0.39 is 17.8 Å². The van der Waals surface area contributed by atoms with Gasteiger partial charge in [0.2, 0.25) is 5.91 Å². The number of aliphatic imine (C=N–C) groups is 1. The fourth-order valence-electron chi connectivity index (χ4n) is 4.74. The first-order chi connectivity index (χ1) is 21.3. The van der Waals surface area contributed by atoms with Gasteiger partial charge < -0.3 is 10.1 Å². The summed E-state index contributed by atoms with van der Waals surface area (Å²) in [6.07, 6.45) is -2.96. The van der Waals surface area contributed by atoms with Gasteiger partial charge >= 0.3 is 12.2 Å². The normalized spacial score (nSPS) is 15.7. The number of hydrogen-bond acceptors (Lipinski definition) is 5. The summed E-state index contributed by atoms with van der Waals surface area (Å²) in [7, 11) is 0. The molecule has 1 fully saturated rings. The Morgan fingerprint density at radius 1 is 0.978 bits per heavy atom. The van der Waals surface area contributed by atoms with Crippen molar-refractivity contribution in [2.24, 2.45) is 4.99 Å². The van der Waals surface area contributed by atoms with Crippen molar-refractivity contribution in [2.75, 3.05) is 10.7 Å². The molecule has 45 heavy (non-hydrogen) atoms. The first-order valence-electron chi connectivity index (χ1n) is 14.7. The first kappa shape index (κ1) is 33.8. The third kappa shape index (κ3) is 9.43. The number of nitrogens with zero attached hydrogens (tertiary/aromatic N) is 2. The molecule has 4 rings (SSSR count). The van der Waals surface area contributed by atoms with E-state index in [1.165, 1.54) is 28.8 Å². The molecule has 11 heteroatoms. The number of aryl methyl sites for hydroxylation is 1. The number of amidine groups is 1. The molecular weight excluding hydrogens is 603 g/mol. The number of benzene rings is 3. The maximum Gasteiger partial charge on any atom is 0.416 e. The Morgan fingerprint density at radius 2 is 1.58 bits per heavy atom. The molecule has 0 aromatic heterocycles. The summed E-state index contributed by atoms with van der Waals surface area (Å²) in [4.78, 5) is 43.9. The summed E-state index contributed by atoms with van der Waals surface area (Å²) in [6, 6.07) is 16.8. The highest BCUT2D eigenvalue weighted by molar-refractivity contribution is 8.15. The highest BCUT2D eigenvalue weighted by atomic mass is 32.2. The van der Waals surface area contributed by atoms with Crippen molar-refractivity contribution in [3.05, 3.63) is 94.5 Å². The first-order valence-corrected chi connectivity index (χ1v) is 15.7. The number of rotatable bonds is 11. The third-order valence-corrected chi connectivity index (χ3v) is 8.16. The van der Waals surface area contributed by atoms with Crippen LogP contribution >= 0.6 is 11.8 Å². The maximum atomic E-state index is 12.9. The summed E-state index contributed by atoms with van der Waals surface area (Å²) in [5, 5.41) is 3.15. The minimum atomic E-state index is -4.41. The minimum Gasteiger partial charge on any atom is -0.489 e. The zero-order valence-corrected chi connectivity index (χ0v) is 26.4. The van der Waals surface area contributed by atoms with Gasteiger partial charge in [-0.1, -0.05) is 61.2 Å². The van der Waals surface area contributed by atoms with E-state index in [1.807, 2.05) is 70.2 Å². The van der Waals surface area contributed by atoms with Crippen LogP contribution in [0.5, 0.6) is 5.75 Å². The van der Waals surface area contributed by atoms with Crippen molar-refractivity contribution in [3.8, 4) is 5.75 Å². The Labute approximate surface area is 265 Å². The number of alkyl halides is 3. The van der Waals surface area contributed by atoms with Crippen LogP contribution in [0, 0.1) is 6.92 Å². The van der Waals surface area contributed by atoms with E-state index in [0.29, 0.717) is 23.4 Å². The Bertz CT molecular complexity index is 1560. The summed E-state index contributed by atoms with van der Waals surface area (Å²) in [5.41, 5.74) is 3.01. The lowest BCUT2D eigenvalue weighted by molar-refractivity contribution is -0.137. The molecule has 0 aliphatic carbocycles. The van der Waals surface area contributed by atoms with Crippen LogP contribution < -0.4 is 15.0 Å². The van der Waals surface area contributed by atoms with Gasteiger partial charge in [0.1, 0.15) is 11.5 Å². The van der Waals surface area contributed by atoms with E-state index >= 15 is 0 Å². The molecule has 3 aromatic rings. The van der Waals surface area contributed by atoms with Gasteiger partial charge in [-0.25, -0.2) is 4.79 Å². The number of ether oxygens (including phenoxy) is 1. The van der Waals surface area contributed by atoms with E-state index in [0.717, 1.165) is 35.2 Å². The van der Waals surface area contributed by atoms with Crippen LogP contribution in [0.1, 0.15) is 55.0 Å². The van der Waals surface area contributed by atoms with Crippen molar-refractivity contribution in [3.63, 3.8) is 0 Å². The SMILES string of the molecule is CCC(C)Oc1ccc(C)cc1N1C(=O)CSC1=NC(=O)NC(C)Cc1ccc(CC(=O)Cc2ccc(C(F)(F)F)cc2)cc1. The van der Waals surface area contributed by atoms with Crippen LogP contribution in [0.2, 0.25) is 0 Å². The van der Waals surface area contributed by atoms with Crippen LogP contribution in [0.15, 0.2) is 71.7 Å². The van der Waals surface area contributed by atoms with Crippen LogP contribution in [-0.4, -0.2) is 40.8 Å². The van der Waals surface area contributed by atoms with Crippen LogP contribution in [-0.2, 0) is 35.0 Å². The second kappa shape index (κ2) is 14.8. The molecule has 1 heterocycles. The van der Waals surface area contributed by atoms with Gasteiger partial charge in [-0.2, -0.15) is 18.2 Å². The maximum absolute atomic E-state index is 12.9. The van der Waals surface area contributed by atoms with E-state index in [-0.39, 0.29) is 47.6 Å². The predicted molar refractivity (Wildman–Crippen MR) is 171 cm³/mol. The monoisotopic (exact) mass is 639 g/mol. The van der Waals surface area contributed by atoms with Gasteiger partial charge in [0.05, 0.1) is 23.1 Å². The van der Waals surface area contributed by atoms with Gasteiger partial charge in [0.15, 0.2) is 5.17 Å². The lowest BCUT2D eigenvalue weighted by Gasteiger charge is -2.22. The molecule has 0 saturated carbocycles. The molecule has 0 spiro atoms. The van der Waals surface area contributed by atoms with Crippen molar-refractivity contribution < 1.29 is 32.3 Å². The summed E-state index contributed by atoms with van der Waals surface area (Å²) < 4.78 is 44.3. The second-order valence-electron chi connectivity index (χ2n) is 11.2. The predicted octanol–water partition coefficient (Wildman–Crippen LogP) is 7.32. The lowest BCUT2D eigenvalue weighted by Crippen LogP contribution is -2.35. The fraction of sp³-hybridized carbons (Fsp3) is 0.353. The molecule has 7 nitrogen and oxygen atoms in total. The van der Waals surface area contributed by atoms with Crippen molar-refractivity contribution >= 4 is 40.3 Å². The molecule has 0 radical (unpaired) electrons. The van der Waals surface area contributed by atoms with E-state index in [4.69, 9.17) is 4.74 Å². The number of urea groups is 1. The van der Waals surface area contributed by atoms with E-state index in [1.54, 1.807) is 0 Å². The lowest BCUT2D eigenvalue weighted by atomic mass is 9.99. The highest BCUT2D eigenvalue weighted by Crippen LogP contribution is 2.36. The summed E-state index contributed by atoms with van der Waals surface area (Å²) in [6.45, 7) is 7.74. The molecule has 1 aliphatic rings. The molecule has 2 atom stereocenters. The minimum absolute atomic E-state index is 0.0445. The van der Waals surface area contributed by atoms with Crippen molar-refractivity contribution in [1.29, 1.82) is 0 Å². The quantitative estimate of drug-likeness (QED) is 0.238. The van der Waals surface area contributed by atoms with Crippen LogP contribution in [0.4, 0.5) is 23.7 Å². The number of carbonyl (C=O) groups is 3. The largest absolute Gasteiger partial charge is 0.489 e. The molecule has 2 unspecified atom stereocenters. The Hall–Kier alpha value is -4.12. The van der Waals surface area contributed by atoms with Gasteiger partial charge in [0, 0.05) is 18.9 Å². The fourth-order valence-corrected chi connectivity index (χ4v) is 5.60. The molecule has 0 bridgehead atoms. The topological polar surface area (TPSA) is 88.1 Å². The second-order valence-corrected chi connectivity index (χ2v) is 12.1. The average molecular weight is 640 g/mol. The molecule has 3 aromatic carbocycles. The number of hydrogen-bond donors (Lipinski definition) is 1. The van der Waals surface area contributed by atoms with Crippen molar-refractivity contribution in [1.82, 2.24) is 5.32 Å². The van der Waals surface area contributed by atoms with Crippen molar-refractivity contribution in [2.45, 2.75) is 71.7 Å². The Balaban J connectivity index is 1.33. The Morgan fingerprint density at radius 3 is 2.18 bits per heavy atom. The highest BCUT2D eigenvalue weighted by Gasteiger charge is 2.33. The zero-order valence-electron chi connectivity index (χ0n) is 25.6. The summed E-state index contributed by atoms with van der Waals surface area (Å²) in [5.74, 6) is 0.426.